The number of allylic oxidation sites excluding steroid dienone is 5. The topological polar surface area (TPSA) is 374 Å². The molecule has 2 heterocycles. The summed E-state index contributed by atoms with van der Waals surface area (Å²) < 4.78 is 64.7. The Bertz CT molecular complexity index is 2150. The Morgan fingerprint density at radius 3 is 1.24 bits per heavy atom. The van der Waals surface area contributed by atoms with Gasteiger partial charge in [-0.3, -0.25) is 18.6 Å². The van der Waals surface area contributed by atoms with E-state index in [2.05, 4.69) is 32.9 Å². The lowest BCUT2D eigenvalue weighted by molar-refractivity contribution is -0.360. The molecule has 24 nitrogen and oxygen atoms in total. The average molecular weight is 1410 g/mol. The van der Waals surface area contributed by atoms with Crippen LogP contribution in [0.4, 0.5) is 0 Å². The maximum atomic E-state index is 14.3. The van der Waals surface area contributed by atoms with Crippen LogP contribution in [-0.2, 0) is 61.2 Å². The highest BCUT2D eigenvalue weighted by atomic mass is 31.2. The summed E-state index contributed by atoms with van der Waals surface area (Å²) in [7, 11) is -5.72. The molecule has 11 N–H and O–H groups in total. The third kappa shape index (κ3) is 37.3. The smallest absolute Gasteiger partial charge is 0.463 e. The Morgan fingerprint density at radius 2 is 0.794 bits per heavy atom. The van der Waals surface area contributed by atoms with E-state index in [1.54, 1.807) is 6.08 Å². The van der Waals surface area contributed by atoms with Crippen molar-refractivity contribution >= 4 is 25.7 Å². The SMILES string of the molecule is CCCCCCCCC/C=C\CCCCCC(=O)OCC(COP(=O)(O)OC1C(OC2OC(CO)C(O)C(O)C2O)C(O)C(O)C(O)C1OC1OC(COC(=O)CCCCCCCCCCCCCCC)C(O)C(O)C1O)OC(=O)/C=C/C=C/CCCCCCCCCCCCC. The van der Waals surface area contributed by atoms with Gasteiger partial charge in [-0.2, -0.15) is 0 Å². The Hall–Kier alpha value is -2.82. The number of esters is 3. The molecule has 2 aliphatic heterocycles. The number of carbonyl (C=O) groups excluding carboxylic acids is 3. The van der Waals surface area contributed by atoms with Crippen molar-refractivity contribution in [3.05, 3.63) is 36.5 Å². The summed E-state index contributed by atoms with van der Waals surface area (Å²) >= 11 is 0. The van der Waals surface area contributed by atoms with Crippen LogP contribution in [0.2, 0.25) is 0 Å². The van der Waals surface area contributed by atoms with Gasteiger partial charge in [0, 0.05) is 18.9 Å². The minimum Gasteiger partial charge on any atom is -0.463 e. The van der Waals surface area contributed by atoms with Gasteiger partial charge in [-0.15, -0.1) is 0 Å². The molecule has 0 radical (unpaired) electrons. The highest BCUT2D eigenvalue weighted by Crippen LogP contribution is 2.49. The van der Waals surface area contributed by atoms with Crippen molar-refractivity contribution in [1.82, 2.24) is 0 Å². The molecule has 3 rings (SSSR count). The fourth-order valence-corrected chi connectivity index (χ4v) is 13.1. The molecule has 0 spiro atoms. The van der Waals surface area contributed by atoms with Gasteiger partial charge < -0.3 is 89.1 Å². The first-order chi connectivity index (χ1) is 46.8. The van der Waals surface area contributed by atoms with Crippen LogP contribution in [-0.4, -0.2) is 204 Å². The van der Waals surface area contributed by atoms with Crippen LogP contribution in [0, 0.1) is 0 Å². The summed E-state index contributed by atoms with van der Waals surface area (Å²) in [6, 6.07) is 0. The molecule has 18 atom stereocenters. The number of ether oxygens (including phenoxy) is 7. The molecule has 0 aromatic heterocycles. The molecule has 18 unspecified atom stereocenters. The molecule has 566 valence electrons. The van der Waals surface area contributed by atoms with Crippen LogP contribution in [0.15, 0.2) is 36.5 Å². The lowest BCUT2D eigenvalue weighted by Crippen LogP contribution is -2.69. The number of phosphoric acid groups is 1. The van der Waals surface area contributed by atoms with E-state index in [1.165, 1.54) is 141 Å². The van der Waals surface area contributed by atoms with Gasteiger partial charge >= 0.3 is 25.7 Å². The zero-order valence-corrected chi connectivity index (χ0v) is 59.8. The summed E-state index contributed by atoms with van der Waals surface area (Å²) in [5.41, 5.74) is 0. The number of aliphatic hydroxyl groups excluding tert-OH is 10. The molecule has 25 heteroatoms. The first-order valence-electron chi connectivity index (χ1n) is 37.3. The minimum absolute atomic E-state index is 0.00489. The Labute approximate surface area is 578 Å². The quantitative estimate of drug-likeness (QED) is 0.00513. The first kappa shape index (κ1) is 88.4. The second-order valence-electron chi connectivity index (χ2n) is 26.7. The number of carbonyl (C=O) groups is 3. The molecule has 3 aliphatic rings. The standard InChI is InChI=1S/C72H129O24P/c1-4-7-10-13-16-19-22-25-27-30-33-36-39-42-45-48-58(76)91-53(50-88-56(74)46-43-40-37-34-32-29-26-23-20-17-14-11-8-5-2)51-90-97(86,87)96-70-68(94-71-66(84)61(79)59(77)54(49-73)92-71)64(82)63(81)65(83)69(70)95-72-67(85)62(80)60(78)55(93-72)52-89-57(75)47-44-41-38-35-31-28-24-21-18-15-12-9-6-3/h29,32,39,42,45,48,53-55,59-73,77-85H,4-28,30-31,33-38,40-41,43-44,46-47,49-52H2,1-3H3,(H,86,87)/b32-29-,42-39+,48-45+. The molecule has 0 bridgehead atoms. The molecule has 1 saturated carbocycles. The highest BCUT2D eigenvalue weighted by Gasteiger charge is 2.58. The van der Waals surface area contributed by atoms with Crippen LogP contribution < -0.4 is 0 Å². The van der Waals surface area contributed by atoms with E-state index in [-0.39, 0.29) is 12.8 Å². The number of phosphoric ester groups is 1. The van der Waals surface area contributed by atoms with Crippen molar-refractivity contribution in [2.75, 3.05) is 26.4 Å². The van der Waals surface area contributed by atoms with Crippen LogP contribution in [0.25, 0.3) is 0 Å². The third-order valence-electron chi connectivity index (χ3n) is 18.3. The lowest BCUT2D eigenvalue weighted by atomic mass is 9.84. The van der Waals surface area contributed by atoms with Crippen LogP contribution in [0.5, 0.6) is 0 Å². The van der Waals surface area contributed by atoms with Crippen molar-refractivity contribution in [1.29, 1.82) is 0 Å². The van der Waals surface area contributed by atoms with Crippen LogP contribution in [0.1, 0.15) is 271 Å². The zero-order chi connectivity index (χ0) is 71.1. The molecule has 0 aromatic carbocycles. The summed E-state index contributed by atoms with van der Waals surface area (Å²) in [6.45, 7) is 3.31. The van der Waals surface area contributed by atoms with Crippen molar-refractivity contribution in [3.8, 4) is 0 Å². The molecule has 0 amide bonds. The molecule has 2 saturated heterocycles. The Morgan fingerprint density at radius 1 is 0.423 bits per heavy atom. The Kier molecular flexibility index (Phi) is 49.1. The Balaban J connectivity index is 1.77. The van der Waals surface area contributed by atoms with Crippen LogP contribution in [0.3, 0.4) is 0 Å². The minimum atomic E-state index is -5.72. The van der Waals surface area contributed by atoms with Crippen molar-refractivity contribution in [2.24, 2.45) is 0 Å². The van der Waals surface area contributed by atoms with Gasteiger partial charge in [-0.1, -0.05) is 237 Å². The lowest BCUT2D eigenvalue weighted by Gasteiger charge is -2.49. The van der Waals surface area contributed by atoms with E-state index in [0.717, 1.165) is 96.0 Å². The van der Waals surface area contributed by atoms with E-state index in [4.69, 9.17) is 42.2 Å². The zero-order valence-electron chi connectivity index (χ0n) is 58.9. The average Bonchev–Trinajstić information content (AvgIpc) is 0.763. The number of unbranched alkanes of at least 4 members (excludes halogenated alkanes) is 33. The summed E-state index contributed by atoms with van der Waals surface area (Å²) in [5, 5.41) is 110. The monoisotopic (exact) mass is 1410 g/mol. The van der Waals surface area contributed by atoms with Crippen molar-refractivity contribution < 1.29 is 117 Å². The predicted molar refractivity (Wildman–Crippen MR) is 365 cm³/mol. The number of hydrogen-bond acceptors (Lipinski definition) is 23. The van der Waals surface area contributed by atoms with E-state index in [9.17, 15) is 74.9 Å². The van der Waals surface area contributed by atoms with Gasteiger partial charge in [0.15, 0.2) is 18.7 Å². The predicted octanol–water partition coefficient (Wildman–Crippen LogP) is 9.90. The van der Waals surface area contributed by atoms with Gasteiger partial charge in [0.25, 0.3) is 0 Å². The molecular weight excluding hydrogens is 1280 g/mol. The second-order valence-corrected chi connectivity index (χ2v) is 28.1. The van der Waals surface area contributed by atoms with Gasteiger partial charge in [0.2, 0.25) is 0 Å². The number of aliphatic hydroxyl groups is 10. The second kappa shape index (κ2) is 53.9. The summed E-state index contributed by atoms with van der Waals surface area (Å²) in [6.07, 6.45) is 15.8. The van der Waals surface area contributed by atoms with E-state index >= 15 is 0 Å². The van der Waals surface area contributed by atoms with E-state index < -0.39 is 156 Å². The number of rotatable bonds is 57. The largest absolute Gasteiger partial charge is 0.472 e. The summed E-state index contributed by atoms with van der Waals surface area (Å²) in [4.78, 5) is 50.8. The maximum Gasteiger partial charge on any atom is 0.472 e. The maximum absolute atomic E-state index is 14.3. The fraction of sp³-hybridized carbons (Fsp3) is 0.875. The fourth-order valence-electron chi connectivity index (χ4n) is 12.1. The van der Waals surface area contributed by atoms with Crippen molar-refractivity contribution in [2.45, 2.75) is 375 Å². The molecule has 97 heavy (non-hydrogen) atoms. The molecule has 1 aliphatic carbocycles. The van der Waals surface area contributed by atoms with Crippen molar-refractivity contribution in [3.63, 3.8) is 0 Å². The van der Waals surface area contributed by atoms with Gasteiger partial charge in [-0.25, -0.2) is 9.36 Å². The van der Waals surface area contributed by atoms with Gasteiger partial charge in [-0.05, 0) is 51.4 Å². The van der Waals surface area contributed by atoms with E-state index in [1.807, 2.05) is 6.08 Å². The highest BCUT2D eigenvalue weighted by molar-refractivity contribution is 7.47. The number of hydrogen-bond donors (Lipinski definition) is 11. The van der Waals surface area contributed by atoms with Crippen LogP contribution >= 0.6 is 7.82 Å². The molecule has 0 aromatic rings. The van der Waals surface area contributed by atoms with Gasteiger partial charge in [0.05, 0.1) is 13.2 Å². The first-order valence-corrected chi connectivity index (χ1v) is 38.8. The summed E-state index contributed by atoms with van der Waals surface area (Å²) in [5.74, 6) is -2.26. The molecule has 3 fully saturated rings. The van der Waals surface area contributed by atoms with E-state index in [0.29, 0.717) is 12.8 Å². The third-order valence-corrected chi connectivity index (χ3v) is 19.2. The van der Waals surface area contributed by atoms with Gasteiger partial charge in [0.1, 0.15) is 98.7 Å². The molecular formula is C72H129O24P. The normalized spacial score (nSPS) is 28.0.